The molecule has 0 N–H and O–H groups in total. The van der Waals surface area contributed by atoms with Gasteiger partial charge >= 0.3 is 0 Å². The quantitative estimate of drug-likeness (QED) is 0.179. The zero-order valence-corrected chi connectivity index (χ0v) is 31.4. The summed E-state index contributed by atoms with van der Waals surface area (Å²) in [7, 11) is 0. The normalized spacial score (nSPS) is 12.1. The Labute approximate surface area is 336 Å². The van der Waals surface area contributed by atoms with Crippen LogP contribution in [0.5, 0.6) is 0 Å². The summed E-state index contributed by atoms with van der Waals surface area (Å²) >= 11 is 0. The number of hydrogen-bond acceptors (Lipinski definition) is 5. The molecular weight excluding hydrogens is 725 g/mol. The number of benzene rings is 9. The molecule has 274 valence electrons. The van der Waals surface area contributed by atoms with Gasteiger partial charge < -0.3 is 13.4 Å². The van der Waals surface area contributed by atoms with Gasteiger partial charge in [-0.05, 0) is 53.2 Å². The van der Waals surface area contributed by atoms with Gasteiger partial charge in [-0.3, -0.25) is 0 Å². The van der Waals surface area contributed by atoms with Crippen molar-refractivity contribution in [2.45, 2.75) is 0 Å². The second kappa shape index (κ2) is 12.2. The average molecular weight is 755 g/mol. The molecule has 0 unspecified atom stereocenters. The van der Waals surface area contributed by atoms with Crippen LogP contribution >= 0.6 is 0 Å². The van der Waals surface area contributed by atoms with E-state index in [0.29, 0.717) is 17.5 Å². The van der Waals surface area contributed by atoms with Crippen molar-refractivity contribution in [1.82, 2.24) is 19.5 Å². The Balaban J connectivity index is 1.11. The third-order valence-corrected chi connectivity index (χ3v) is 11.8. The first-order chi connectivity index (χ1) is 29.2. The minimum absolute atomic E-state index is 0.580. The standard InChI is InChI=1S/C53H30N4O2/c1-2-14-32(15-3-1)51-54-52(34-26-25-31-13-4-5-16-33(31)29-34)56-53(55-51)39-21-12-24-45-47(39)40-30-43(35-17-6-7-18-36(35)50(40)59-45)57-41-22-10-8-19-37(41)48-42(57)27-28-46-49(48)38-20-9-11-23-44(38)58-46/h1-30H. The smallest absolute Gasteiger partial charge is 0.164 e. The maximum atomic E-state index is 6.86. The van der Waals surface area contributed by atoms with E-state index >= 15 is 0 Å². The van der Waals surface area contributed by atoms with Gasteiger partial charge in [0.1, 0.15) is 22.3 Å². The van der Waals surface area contributed by atoms with Crippen LogP contribution in [-0.2, 0) is 0 Å². The van der Waals surface area contributed by atoms with Crippen LogP contribution in [0.4, 0.5) is 0 Å². The van der Waals surface area contributed by atoms with Gasteiger partial charge in [-0.15, -0.1) is 0 Å². The van der Waals surface area contributed by atoms with E-state index in [0.717, 1.165) is 98.8 Å². The molecule has 0 aliphatic rings. The van der Waals surface area contributed by atoms with Crippen molar-refractivity contribution in [1.29, 1.82) is 0 Å². The topological polar surface area (TPSA) is 69.9 Å². The van der Waals surface area contributed by atoms with Crippen LogP contribution in [0.2, 0.25) is 0 Å². The molecule has 6 nitrogen and oxygen atoms in total. The molecule has 0 aliphatic heterocycles. The molecule has 0 saturated carbocycles. The summed E-state index contributed by atoms with van der Waals surface area (Å²) in [6.07, 6.45) is 0. The van der Waals surface area contributed by atoms with Crippen LogP contribution in [0, 0.1) is 0 Å². The second-order valence-electron chi connectivity index (χ2n) is 15.1. The Morgan fingerprint density at radius 1 is 0.356 bits per heavy atom. The SMILES string of the molecule is c1ccc(-c2nc(-c3ccc4ccccc4c3)nc(-c3cccc4oc5c6ccccc6c(-n6c7ccccc7c7c8c(ccc76)oc6ccccc68)cc5c34)n2)cc1. The Bertz CT molecular complexity index is 3860. The third kappa shape index (κ3) is 4.71. The zero-order chi connectivity index (χ0) is 38.6. The molecule has 0 radical (unpaired) electrons. The molecule has 0 spiro atoms. The van der Waals surface area contributed by atoms with Crippen molar-refractivity contribution in [2.24, 2.45) is 0 Å². The van der Waals surface area contributed by atoms with Gasteiger partial charge in [0.15, 0.2) is 17.5 Å². The summed E-state index contributed by atoms with van der Waals surface area (Å²) in [5.41, 5.74) is 9.34. The Hall–Kier alpha value is -8.09. The van der Waals surface area contributed by atoms with E-state index in [4.69, 9.17) is 23.8 Å². The van der Waals surface area contributed by atoms with Gasteiger partial charge in [-0.1, -0.05) is 140 Å². The van der Waals surface area contributed by atoms with Crippen LogP contribution in [0.15, 0.2) is 191 Å². The van der Waals surface area contributed by atoms with Crippen molar-refractivity contribution in [3.05, 3.63) is 182 Å². The van der Waals surface area contributed by atoms with Crippen LogP contribution in [0.25, 0.3) is 127 Å². The first-order valence-electron chi connectivity index (χ1n) is 19.8. The predicted octanol–water partition coefficient (Wildman–Crippen LogP) is 14.1. The van der Waals surface area contributed by atoms with Gasteiger partial charge in [0.25, 0.3) is 0 Å². The number of nitrogens with zero attached hydrogens (tertiary/aromatic N) is 4. The summed E-state index contributed by atoms with van der Waals surface area (Å²) in [4.78, 5) is 15.5. The molecule has 13 rings (SSSR count). The molecule has 0 bridgehead atoms. The van der Waals surface area contributed by atoms with Crippen LogP contribution in [0.3, 0.4) is 0 Å². The molecule has 0 saturated heterocycles. The van der Waals surface area contributed by atoms with E-state index < -0.39 is 0 Å². The molecular formula is C53H30N4O2. The van der Waals surface area contributed by atoms with Gasteiger partial charge in [0.2, 0.25) is 0 Å². The molecule has 0 aliphatic carbocycles. The first-order valence-corrected chi connectivity index (χ1v) is 19.8. The molecule has 59 heavy (non-hydrogen) atoms. The highest BCUT2D eigenvalue weighted by Gasteiger charge is 2.24. The number of furan rings is 2. The minimum atomic E-state index is 0.580. The van der Waals surface area contributed by atoms with Crippen LogP contribution in [0.1, 0.15) is 0 Å². The summed E-state index contributed by atoms with van der Waals surface area (Å²) in [5, 5.41) is 10.9. The van der Waals surface area contributed by atoms with Crippen molar-refractivity contribution in [3.63, 3.8) is 0 Å². The average Bonchev–Trinajstić information content (AvgIpc) is 3.98. The molecule has 0 amide bonds. The zero-order valence-electron chi connectivity index (χ0n) is 31.4. The molecule has 0 fully saturated rings. The van der Waals surface area contributed by atoms with Gasteiger partial charge in [-0.25, -0.2) is 15.0 Å². The fraction of sp³-hybridized carbons (Fsp3) is 0. The number of rotatable bonds is 4. The lowest BCUT2D eigenvalue weighted by molar-refractivity contribution is 0.669. The number of hydrogen-bond donors (Lipinski definition) is 0. The molecule has 6 heteroatoms. The lowest BCUT2D eigenvalue weighted by Gasteiger charge is -2.13. The van der Waals surface area contributed by atoms with Gasteiger partial charge in [-0.2, -0.15) is 0 Å². The van der Waals surface area contributed by atoms with Crippen molar-refractivity contribution in [3.8, 4) is 39.9 Å². The largest absolute Gasteiger partial charge is 0.456 e. The second-order valence-corrected chi connectivity index (χ2v) is 15.1. The maximum absolute atomic E-state index is 6.86. The number of para-hydroxylation sites is 2. The lowest BCUT2D eigenvalue weighted by Crippen LogP contribution is -2.00. The summed E-state index contributed by atoms with van der Waals surface area (Å²) in [6, 6.07) is 63.1. The molecule has 13 aromatic rings. The fourth-order valence-electron chi connectivity index (χ4n) is 9.20. The van der Waals surface area contributed by atoms with Crippen molar-refractivity contribution in [2.75, 3.05) is 0 Å². The monoisotopic (exact) mass is 754 g/mol. The van der Waals surface area contributed by atoms with E-state index in [2.05, 4.69) is 132 Å². The Morgan fingerprint density at radius 3 is 1.92 bits per heavy atom. The molecule has 4 aromatic heterocycles. The summed E-state index contributed by atoms with van der Waals surface area (Å²) in [6.45, 7) is 0. The minimum Gasteiger partial charge on any atom is -0.456 e. The summed E-state index contributed by atoms with van der Waals surface area (Å²) in [5.74, 6) is 1.80. The highest BCUT2D eigenvalue weighted by Crippen LogP contribution is 2.45. The maximum Gasteiger partial charge on any atom is 0.164 e. The number of aromatic nitrogens is 4. The number of fused-ring (bicyclic) bond motifs is 13. The molecule has 9 aromatic carbocycles. The Kier molecular flexibility index (Phi) is 6.63. The van der Waals surface area contributed by atoms with Crippen LogP contribution < -0.4 is 0 Å². The van der Waals surface area contributed by atoms with E-state index in [1.54, 1.807) is 0 Å². The highest BCUT2D eigenvalue weighted by atomic mass is 16.3. The Morgan fingerprint density at radius 2 is 1.03 bits per heavy atom. The van der Waals surface area contributed by atoms with Crippen molar-refractivity contribution >= 4 is 87.2 Å². The van der Waals surface area contributed by atoms with E-state index in [9.17, 15) is 0 Å². The van der Waals surface area contributed by atoms with E-state index in [1.165, 1.54) is 10.8 Å². The molecule has 0 atom stereocenters. The van der Waals surface area contributed by atoms with E-state index in [1.807, 2.05) is 54.6 Å². The fourth-order valence-corrected chi connectivity index (χ4v) is 9.20. The van der Waals surface area contributed by atoms with Crippen LogP contribution in [-0.4, -0.2) is 19.5 Å². The highest BCUT2D eigenvalue weighted by molar-refractivity contribution is 6.28. The van der Waals surface area contributed by atoms with Gasteiger partial charge in [0, 0.05) is 59.8 Å². The summed E-state index contributed by atoms with van der Waals surface area (Å²) < 4.78 is 15.7. The third-order valence-electron chi connectivity index (χ3n) is 11.8. The lowest BCUT2D eigenvalue weighted by atomic mass is 10.0. The van der Waals surface area contributed by atoms with Crippen molar-refractivity contribution < 1.29 is 8.83 Å². The van der Waals surface area contributed by atoms with E-state index in [-0.39, 0.29) is 0 Å². The van der Waals surface area contributed by atoms with Gasteiger partial charge in [0.05, 0.1) is 16.7 Å². The first kappa shape index (κ1) is 32.0. The molecule has 4 heterocycles. The predicted molar refractivity (Wildman–Crippen MR) is 240 cm³/mol.